The summed E-state index contributed by atoms with van der Waals surface area (Å²) < 4.78 is 11.3. The van der Waals surface area contributed by atoms with Gasteiger partial charge in [-0.3, -0.25) is 14.0 Å². The molecular weight excluding hydrogens is 272 g/mol. The summed E-state index contributed by atoms with van der Waals surface area (Å²) in [5.74, 6) is 0.409. The number of pyridine rings is 1. The van der Waals surface area contributed by atoms with Gasteiger partial charge in [-0.15, -0.1) is 0 Å². The van der Waals surface area contributed by atoms with Gasteiger partial charge in [-0.2, -0.15) is 0 Å². The number of hydrogen-bond acceptors (Lipinski definition) is 3. The second-order valence-corrected chi connectivity index (χ2v) is 6.36. The molecule has 0 aliphatic carbocycles. The molecule has 1 heterocycles. The van der Waals surface area contributed by atoms with Crippen molar-refractivity contribution in [3.8, 4) is 0 Å². The van der Waals surface area contributed by atoms with E-state index in [4.69, 9.17) is 0 Å². The minimum Gasteiger partial charge on any atom is -0.338 e. The molecule has 5 heteroatoms. The molecule has 106 valence electrons. The number of fused-ring (bicyclic) bond motifs is 1. The highest BCUT2D eigenvalue weighted by Crippen LogP contribution is 2.18. The van der Waals surface area contributed by atoms with E-state index < -0.39 is 10.8 Å². The summed E-state index contributed by atoms with van der Waals surface area (Å²) >= 11 is 0. The topological polar surface area (TPSA) is 50.3 Å². The first-order valence-electron chi connectivity index (χ1n) is 6.41. The second-order valence-electron chi connectivity index (χ2n) is 4.88. The molecule has 0 saturated heterocycles. The largest absolute Gasteiger partial charge is 0.338 e. The van der Waals surface area contributed by atoms with Crippen molar-refractivity contribution in [2.45, 2.75) is 13.0 Å². The van der Waals surface area contributed by atoms with Crippen LogP contribution in [0.1, 0.15) is 17.3 Å². The van der Waals surface area contributed by atoms with E-state index in [1.165, 1.54) is 0 Å². The molecule has 4 nitrogen and oxygen atoms in total. The van der Waals surface area contributed by atoms with E-state index in [9.17, 15) is 9.00 Å². The maximum absolute atomic E-state index is 12.6. The van der Waals surface area contributed by atoms with E-state index in [-0.39, 0.29) is 11.9 Å². The summed E-state index contributed by atoms with van der Waals surface area (Å²) in [7, 11) is 0.823. The number of benzene rings is 1. The average Bonchev–Trinajstić information content (AvgIpc) is 2.44. The van der Waals surface area contributed by atoms with Gasteiger partial charge in [0.25, 0.3) is 5.91 Å². The van der Waals surface area contributed by atoms with Gasteiger partial charge in [-0.25, -0.2) is 0 Å². The SMILES string of the molecule is CC(CS(C)=O)N(C)C(=O)c1cccc2ncccc12. The van der Waals surface area contributed by atoms with Gasteiger partial charge in [0, 0.05) is 53.0 Å². The standard InChI is InChI=1S/C15H18N2O2S/c1-11(10-20(3)19)17(2)15(18)13-6-4-8-14-12(13)7-5-9-16-14/h4-9,11H,10H2,1-3H3. The van der Waals surface area contributed by atoms with Crippen LogP contribution in [0.4, 0.5) is 0 Å². The fraction of sp³-hybridized carbons (Fsp3) is 0.333. The Kier molecular flexibility index (Phi) is 4.49. The van der Waals surface area contributed by atoms with Gasteiger partial charge in [0.15, 0.2) is 0 Å². The third-order valence-corrected chi connectivity index (χ3v) is 4.29. The molecule has 0 saturated carbocycles. The molecule has 0 spiro atoms. The number of carbonyl (C=O) groups is 1. The Labute approximate surface area is 121 Å². The molecule has 0 fully saturated rings. The number of hydrogen-bond donors (Lipinski definition) is 0. The van der Waals surface area contributed by atoms with Crippen LogP contribution in [0, 0.1) is 0 Å². The van der Waals surface area contributed by atoms with Gasteiger partial charge in [0.2, 0.25) is 0 Å². The fourth-order valence-electron chi connectivity index (χ4n) is 2.13. The summed E-state index contributed by atoms with van der Waals surface area (Å²) in [6.45, 7) is 1.91. The normalized spacial score (nSPS) is 13.9. The number of amides is 1. The van der Waals surface area contributed by atoms with E-state index in [1.54, 1.807) is 30.5 Å². The van der Waals surface area contributed by atoms with Crippen molar-refractivity contribution in [1.29, 1.82) is 0 Å². The highest BCUT2D eigenvalue weighted by molar-refractivity contribution is 7.84. The Morgan fingerprint density at radius 2 is 2.10 bits per heavy atom. The van der Waals surface area contributed by atoms with E-state index in [2.05, 4.69) is 4.98 Å². The first-order valence-corrected chi connectivity index (χ1v) is 8.14. The van der Waals surface area contributed by atoms with Crippen molar-refractivity contribution >= 4 is 27.6 Å². The Morgan fingerprint density at radius 3 is 2.80 bits per heavy atom. The summed E-state index contributed by atoms with van der Waals surface area (Å²) in [5, 5.41) is 0.844. The maximum Gasteiger partial charge on any atom is 0.254 e. The smallest absolute Gasteiger partial charge is 0.254 e. The van der Waals surface area contributed by atoms with E-state index in [0.717, 1.165) is 10.9 Å². The van der Waals surface area contributed by atoms with Crippen LogP contribution in [0.25, 0.3) is 10.9 Å². The third-order valence-electron chi connectivity index (χ3n) is 3.33. The van der Waals surface area contributed by atoms with Crippen LogP contribution in [-0.2, 0) is 10.8 Å². The number of aromatic nitrogens is 1. The van der Waals surface area contributed by atoms with E-state index >= 15 is 0 Å². The quantitative estimate of drug-likeness (QED) is 0.866. The summed E-state index contributed by atoms with van der Waals surface area (Å²) in [6.07, 6.45) is 3.36. The van der Waals surface area contributed by atoms with Gasteiger partial charge in [0.1, 0.15) is 0 Å². The lowest BCUT2D eigenvalue weighted by Crippen LogP contribution is -2.38. The van der Waals surface area contributed by atoms with Crippen molar-refractivity contribution in [3.63, 3.8) is 0 Å². The van der Waals surface area contributed by atoms with Crippen molar-refractivity contribution in [3.05, 3.63) is 42.1 Å². The number of rotatable bonds is 4. The molecule has 2 unspecified atom stereocenters. The zero-order chi connectivity index (χ0) is 14.7. The molecule has 0 aliphatic rings. The first kappa shape index (κ1) is 14.7. The van der Waals surface area contributed by atoms with Gasteiger partial charge in [-0.1, -0.05) is 12.1 Å². The molecule has 1 amide bonds. The van der Waals surface area contributed by atoms with Gasteiger partial charge in [-0.05, 0) is 25.1 Å². The van der Waals surface area contributed by atoms with Crippen LogP contribution < -0.4 is 0 Å². The lowest BCUT2D eigenvalue weighted by Gasteiger charge is -2.24. The van der Waals surface area contributed by atoms with Crippen LogP contribution in [0.15, 0.2) is 36.5 Å². The molecule has 0 aliphatic heterocycles. The van der Waals surface area contributed by atoms with Crippen LogP contribution in [0.5, 0.6) is 0 Å². The lowest BCUT2D eigenvalue weighted by molar-refractivity contribution is 0.0759. The number of carbonyl (C=O) groups excluding carboxylic acids is 1. The van der Waals surface area contributed by atoms with Gasteiger partial charge < -0.3 is 4.90 Å². The second kappa shape index (κ2) is 6.13. The molecule has 2 rings (SSSR count). The number of nitrogens with zero attached hydrogens (tertiary/aromatic N) is 2. The molecule has 2 aromatic rings. The van der Waals surface area contributed by atoms with Gasteiger partial charge in [0.05, 0.1) is 5.52 Å². The lowest BCUT2D eigenvalue weighted by atomic mass is 10.1. The molecule has 1 aromatic carbocycles. The summed E-state index contributed by atoms with van der Waals surface area (Å²) in [6, 6.07) is 9.17. The zero-order valence-electron chi connectivity index (χ0n) is 11.9. The van der Waals surface area contributed by atoms with Crippen LogP contribution in [-0.4, -0.2) is 45.1 Å². The van der Waals surface area contributed by atoms with E-state index in [0.29, 0.717) is 11.3 Å². The summed E-state index contributed by atoms with van der Waals surface area (Å²) in [4.78, 5) is 18.5. The predicted octanol–water partition coefficient (Wildman–Crippen LogP) is 2.07. The van der Waals surface area contributed by atoms with Crippen molar-refractivity contribution in [1.82, 2.24) is 9.88 Å². The minimum atomic E-state index is -0.923. The molecule has 0 bridgehead atoms. The highest BCUT2D eigenvalue weighted by Gasteiger charge is 2.20. The minimum absolute atomic E-state index is 0.0680. The Balaban J connectivity index is 2.34. The highest BCUT2D eigenvalue weighted by atomic mass is 32.2. The van der Waals surface area contributed by atoms with Crippen LogP contribution in [0.3, 0.4) is 0 Å². The predicted molar refractivity (Wildman–Crippen MR) is 82.2 cm³/mol. The Morgan fingerprint density at radius 1 is 1.35 bits per heavy atom. The molecule has 20 heavy (non-hydrogen) atoms. The Hall–Kier alpha value is -1.75. The Bertz CT molecular complexity index is 652. The van der Waals surface area contributed by atoms with Crippen molar-refractivity contribution < 1.29 is 9.00 Å². The molecular formula is C15H18N2O2S. The molecule has 1 aromatic heterocycles. The molecule has 0 radical (unpaired) electrons. The fourth-order valence-corrected chi connectivity index (χ4v) is 3.03. The van der Waals surface area contributed by atoms with Crippen molar-refractivity contribution in [2.24, 2.45) is 0 Å². The third kappa shape index (κ3) is 3.04. The average molecular weight is 290 g/mol. The maximum atomic E-state index is 12.6. The van der Waals surface area contributed by atoms with Gasteiger partial charge >= 0.3 is 0 Å². The first-order chi connectivity index (χ1) is 9.50. The molecule has 0 N–H and O–H groups in total. The van der Waals surface area contributed by atoms with Crippen LogP contribution >= 0.6 is 0 Å². The van der Waals surface area contributed by atoms with E-state index in [1.807, 2.05) is 31.2 Å². The monoisotopic (exact) mass is 290 g/mol. The summed E-state index contributed by atoms with van der Waals surface area (Å²) in [5.41, 5.74) is 1.44. The van der Waals surface area contributed by atoms with Crippen LogP contribution in [0.2, 0.25) is 0 Å². The van der Waals surface area contributed by atoms with Crippen molar-refractivity contribution in [2.75, 3.05) is 19.1 Å². The zero-order valence-corrected chi connectivity index (χ0v) is 12.7. The molecule has 2 atom stereocenters.